The Morgan fingerprint density at radius 2 is 1.79 bits per heavy atom. The maximum absolute atomic E-state index is 12.0. The van der Waals surface area contributed by atoms with Gasteiger partial charge in [-0.2, -0.15) is 0 Å². The zero-order chi connectivity index (χ0) is 14.3. The normalized spacial score (nSPS) is 18.1. The molecule has 1 heterocycles. The van der Waals surface area contributed by atoms with Crippen LogP contribution >= 0.6 is 0 Å². The number of carboxylic acids is 1. The van der Waals surface area contributed by atoms with Gasteiger partial charge in [-0.3, -0.25) is 4.90 Å². The van der Waals surface area contributed by atoms with Crippen LogP contribution in [0.2, 0.25) is 0 Å². The van der Waals surface area contributed by atoms with Gasteiger partial charge in [-0.1, -0.05) is 20.3 Å². The number of carboxylic acid groups (broad SMARTS) is 1. The predicted molar refractivity (Wildman–Crippen MR) is 73.2 cm³/mol. The van der Waals surface area contributed by atoms with Gasteiger partial charge in [0.15, 0.2) is 0 Å². The molecule has 2 N–H and O–H groups in total. The van der Waals surface area contributed by atoms with Crippen molar-refractivity contribution < 1.29 is 14.7 Å². The Morgan fingerprint density at radius 1 is 1.16 bits per heavy atom. The van der Waals surface area contributed by atoms with Crippen molar-refractivity contribution in [2.45, 2.75) is 39.2 Å². The van der Waals surface area contributed by atoms with Crippen LogP contribution in [0.25, 0.3) is 0 Å². The average molecular weight is 271 g/mol. The number of rotatable bonds is 6. The number of hydrogen-bond acceptors (Lipinski definition) is 3. The van der Waals surface area contributed by atoms with Crippen molar-refractivity contribution in [1.82, 2.24) is 15.1 Å². The van der Waals surface area contributed by atoms with Crippen LogP contribution in [0.3, 0.4) is 0 Å². The van der Waals surface area contributed by atoms with Gasteiger partial charge in [-0.25, -0.2) is 9.59 Å². The first-order chi connectivity index (χ1) is 9.08. The number of aliphatic carboxylic acids is 1. The molecule has 0 aromatic carbocycles. The van der Waals surface area contributed by atoms with E-state index in [1.807, 2.05) is 6.92 Å². The second-order valence-electron chi connectivity index (χ2n) is 4.96. The van der Waals surface area contributed by atoms with E-state index in [1.165, 1.54) is 0 Å². The number of hydrogen-bond donors (Lipinski definition) is 2. The molecule has 0 unspecified atom stereocenters. The Morgan fingerprint density at radius 3 is 2.26 bits per heavy atom. The summed E-state index contributed by atoms with van der Waals surface area (Å²) >= 11 is 0. The van der Waals surface area contributed by atoms with Crippen LogP contribution in [-0.4, -0.2) is 65.7 Å². The molecule has 0 saturated carbocycles. The summed E-state index contributed by atoms with van der Waals surface area (Å²) in [6.45, 7) is 8.18. The smallest absolute Gasteiger partial charge is 0.326 e. The molecular formula is C13H25N3O3. The van der Waals surface area contributed by atoms with E-state index in [0.717, 1.165) is 32.5 Å². The largest absolute Gasteiger partial charge is 0.480 e. The fourth-order valence-corrected chi connectivity index (χ4v) is 2.28. The second kappa shape index (κ2) is 7.99. The molecule has 110 valence electrons. The molecule has 0 radical (unpaired) electrons. The standard InChI is InChI=1S/C13H25N3O3/c1-3-5-11(12(17)18)14-13(19)16-9-7-15(6-4-2)8-10-16/h11H,3-10H2,1-2H3,(H,14,19)(H,17,18)/t11-/m0/s1. The highest BCUT2D eigenvalue weighted by atomic mass is 16.4. The highest BCUT2D eigenvalue weighted by Crippen LogP contribution is 2.04. The van der Waals surface area contributed by atoms with Crippen molar-refractivity contribution in [3.63, 3.8) is 0 Å². The number of urea groups is 1. The first-order valence-corrected chi connectivity index (χ1v) is 7.09. The van der Waals surface area contributed by atoms with Crippen molar-refractivity contribution in [2.75, 3.05) is 32.7 Å². The number of nitrogens with zero attached hydrogens (tertiary/aromatic N) is 2. The number of nitrogens with one attached hydrogen (secondary N) is 1. The summed E-state index contributed by atoms with van der Waals surface area (Å²) < 4.78 is 0. The maximum atomic E-state index is 12.0. The Balaban J connectivity index is 2.39. The minimum Gasteiger partial charge on any atom is -0.480 e. The van der Waals surface area contributed by atoms with Crippen LogP contribution < -0.4 is 5.32 Å². The minimum absolute atomic E-state index is 0.253. The first-order valence-electron chi connectivity index (χ1n) is 7.09. The van der Waals surface area contributed by atoms with Crippen LogP contribution in [0.5, 0.6) is 0 Å². The molecule has 0 aromatic rings. The molecular weight excluding hydrogens is 246 g/mol. The third-order valence-electron chi connectivity index (χ3n) is 3.37. The lowest BCUT2D eigenvalue weighted by Gasteiger charge is -2.35. The van der Waals surface area contributed by atoms with Gasteiger partial charge >= 0.3 is 12.0 Å². The quantitative estimate of drug-likeness (QED) is 0.755. The summed E-state index contributed by atoms with van der Waals surface area (Å²) in [5, 5.41) is 11.6. The molecule has 6 nitrogen and oxygen atoms in total. The van der Waals surface area contributed by atoms with Crippen LogP contribution in [0.4, 0.5) is 4.79 Å². The van der Waals surface area contributed by atoms with Crippen molar-refractivity contribution in [1.29, 1.82) is 0 Å². The third kappa shape index (κ3) is 5.06. The van der Waals surface area contributed by atoms with Gasteiger partial charge in [-0.05, 0) is 19.4 Å². The molecule has 0 aromatic heterocycles. The molecule has 1 rings (SSSR count). The second-order valence-corrected chi connectivity index (χ2v) is 4.96. The first kappa shape index (κ1) is 15.8. The highest BCUT2D eigenvalue weighted by Gasteiger charge is 2.24. The molecule has 1 saturated heterocycles. The van der Waals surface area contributed by atoms with Crippen molar-refractivity contribution >= 4 is 12.0 Å². The van der Waals surface area contributed by atoms with Crippen molar-refractivity contribution in [2.24, 2.45) is 0 Å². The van der Waals surface area contributed by atoms with Crippen LogP contribution in [0.15, 0.2) is 0 Å². The Hall–Kier alpha value is -1.30. The summed E-state index contributed by atoms with van der Waals surface area (Å²) in [7, 11) is 0. The molecule has 0 spiro atoms. The molecule has 0 aliphatic carbocycles. The fourth-order valence-electron chi connectivity index (χ4n) is 2.28. The van der Waals surface area contributed by atoms with E-state index in [2.05, 4.69) is 17.1 Å². The monoisotopic (exact) mass is 271 g/mol. The zero-order valence-corrected chi connectivity index (χ0v) is 11.9. The Labute approximate surface area is 114 Å². The summed E-state index contributed by atoms with van der Waals surface area (Å²) in [6, 6.07) is -1.02. The van der Waals surface area contributed by atoms with Crippen molar-refractivity contribution in [3.05, 3.63) is 0 Å². The summed E-state index contributed by atoms with van der Waals surface area (Å²) in [5.74, 6) is -0.959. The van der Waals surface area contributed by atoms with Gasteiger partial charge in [-0.15, -0.1) is 0 Å². The van der Waals surface area contributed by atoms with E-state index >= 15 is 0 Å². The molecule has 1 aliphatic heterocycles. The Kier molecular flexibility index (Phi) is 6.62. The highest BCUT2D eigenvalue weighted by molar-refractivity contribution is 5.82. The van der Waals surface area contributed by atoms with Crippen LogP contribution in [-0.2, 0) is 4.79 Å². The van der Waals surface area contributed by atoms with Gasteiger partial charge < -0.3 is 15.3 Å². The molecule has 2 amide bonds. The number of carbonyl (C=O) groups excluding carboxylic acids is 1. The zero-order valence-electron chi connectivity index (χ0n) is 11.9. The van der Waals surface area contributed by atoms with Gasteiger partial charge in [0.2, 0.25) is 0 Å². The lowest BCUT2D eigenvalue weighted by atomic mass is 10.2. The lowest BCUT2D eigenvalue weighted by molar-refractivity contribution is -0.139. The van der Waals surface area contributed by atoms with E-state index in [9.17, 15) is 9.59 Å². The predicted octanol–water partition coefficient (Wildman–Crippen LogP) is 0.977. The maximum Gasteiger partial charge on any atom is 0.326 e. The lowest BCUT2D eigenvalue weighted by Crippen LogP contribution is -2.54. The molecule has 1 fully saturated rings. The molecule has 1 atom stereocenters. The van der Waals surface area contributed by atoms with Crippen LogP contribution in [0, 0.1) is 0 Å². The fraction of sp³-hybridized carbons (Fsp3) is 0.846. The minimum atomic E-state index is -0.959. The summed E-state index contributed by atoms with van der Waals surface area (Å²) in [4.78, 5) is 27.0. The summed E-state index contributed by atoms with van der Waals surface area (Å²) in [5.41, 5.74) is 0. The SMILES string of the molecule is CCC[C@H](NC(=O)N1CCN(CCC)CC1)C(=O)O. The molecule has 0 bridgehead atoms. The van der Waals surface area contributed by atoms with Gasteiger partial charge in [0.25, 0.3) is 0 Å². The Bertz CT molecular complexity index is 302. The van der Waals surface area contributed by atoms with Crippen LogP contribution in [0.1, 0.15) is 33.1 Å². The third-order valence-corrected chi connectivity index (χ3v) is 3.37. The molecule has 6 heteroatoms. The number of amides is 2. The summed E-state index contributed by atoms with van der Waals surface area (Å²) in [6.07, 6.45) is 2.32. The molecule has 1 aliphatic rings. The molecule has 19 heavy (non-hydrogen) atoms. The van der Waals surface area contributed by atoms with Gasteiger partial charge in [0, 0.05) is 26.2 Å². The van der Waals surface area contributed by atoms with Gasteiger partial charge in [0.05, 0.1) is 0 Å². The van der Waals surface area contributed by atoms with Crippen molar-refractivity contribution in [3.8, 4) is 0 Å². The van der Waals surface area contributed by atoms with Gasteiger partial charge in [0.1, 0.15) is 6.04 Å². The van der Waals surface area contributed by atoms with E-state index in [0.29, 0.717) is 19.5 Å². The van der Waals surface area contributed by atoms with E-state index in [-0.39, 0.29) is 6.03 Å². The van der Waals surface area contributed by atoms with E-state index < -0.39 is 12.0 Å². The van der Waals surface area contributed by atoms with E-state index in [1.54, 1.807) is 4.90 Å². The number of piperazine rings is 1. The number of carbonyl (C=O) groups is 2. The topological polar surface area (TPSA) is 72.9 Å². The van der Waals surface area contributed by atoms with E-state index in [4.69, 9.17) is 5.11 Å². The average Bonchev–Trinajstić information content (AvgIpc) is 2.39.